The summed E-state index contributed by atoms with van der Waals surface area (Å²) in [5.41, 5.74) is 0.542. The van der Waals surface area contributed by atoms with Crippen molar-refractivity contribution in [1.29, 1.82) is 0 Å². The Morgan fingerprint density at radius 2 is 2.14 bits per heavy atom. The van der Waals surface area contributed by atoms with Gasteiger partial charge >= 0.3 is 5.69 Å². The van der Waals surface area contributed by atoms with Crippen LogP contribution in [0.3, 0.4) is 0 Å². The maximum absolute atomic E-state index is 13.5. The molecule has 0 aliphatic heterocycles. The van der Waals surface area contributed by atoms with Crippen molar-refractivity contribution < 1.29 is 13.7 Å². The van der Waals surface area contributed by atoms with E-state index >= 15 is 0 Å². The molecule has 2 aromatic rings. The molecular formula is C13H14F2N4O2. The number of anilines is 1. The van der Waals surface area contributed by atoms with Crippen molar-refractivity contribution in [1.82, 2.24) is 9.78 Å². The van der Waals surface area contributed by atoms with Gasteiger partial charge < -0.3 is 5.32 Å². The van der Waals surface area contributed by atoms with Gasteiger partial charge in [0.25, 0.3) is 0 Å². The molecule has 21 heavy (non-hydrogen) atoms. The van der Waals surface area contributed by atoms with Gasteiger partial charge in [-0.05, 0) is 25.0 Å². The van der Waals surface area contributed by atoms with Crippen LogP contribution in [0.4, 0.5) is 20.3 Å². The number of aromatic nitrogens is 2. The van der Waals surface area contributed by atoms with E-state index in [4.69, 9.17) is 0 Å². The number of rotatable bonds is 5. The van der Waals surface area contributed by atoms with E-state index in [-0.39, 0.29) is 24.5 Å². The molecule has 1 N–H and O–H groups in total. The van der Waals surface area contributed by atoms with Crippen LogP contribution in [0.5, 0.6) is 0 Å². The lowest BCUT2D eigenvalue weighted by Crippen LogP contribution is -2.10. The van der Waals surface area contributed by atoms with E-state index in [9.17, 15) is 18.9 Å². The van der Waals surface area contributed by atoms with E-state index in [1.807, 2.05) is 0 Å². The zero-order chi connectivity index (χ0) is 15.6. The van der Waals surface area contributed by atoms with Crippen LogP contribution in [0, 0.1) is 28.7 Å². The van der Waals surface area contributed by atoms with Crippen molar-refractivity contribution in [3.05, 3.63) is 51.2 Å². The second-order valence-electron chi connectivity index (χ2n) is 4.58. The molecule has 1 heterocycles. The Kier molecular flexibility index (Phi) is 4.15. The molecule has 0 spiro atoms. The molecule has 0 bridgehead atoms. The summed E-state index contributed by atoms with van der Waals surface area (Å²) in [5, 5.41) is 17.8. The molecule has 8 heteroatoms. The lowest BCUT2D eigenvalue weighted by atomic mass is 10.1. The Morgan fingerprint density at radius 1 is 1.43 bits per heavy atom. The third-order valence-corrected chi connectivity index (χ3v) is 3.08. The van der Waals surface area contributed by atoms with E-state index < -0.39 is 16.6 Å². The van der Waals surface area contributed by atoms with Gasteiger partial charge in [0.1, 0.15) is 17.3 Å². The summed E-state index contributed by atoms with van der Waals surface area (Å²) in [7, 11) is 1.58. The first-order valence-corrected chi connectivity index (χ1v) is 6.26. The van der Waals surface area contributed by atoms with Crippen molar-refractivity contribution in [2.24, 2.45) is 7.05 Å². The predicted molar refractivity (Wildman–Crippen MR) is 73.2 cm³/mol. The highest BCUT2D eigenvalue weighted by molar-refractivity contribution is 5.59. The lowest BCUT2D eigenvalue weighted by molar-refractivity contribution is -0.384. The SMILES string of the molecule is Cc1nn(C)c(NCCc2ccc(F)cc2F)c1[N+](=O)[O-]. The summed E-state index contributed by atoms with van der Waals surface area (Å²) >= 11 is 0. The van der Waals surface area contributed by atoms with E-state index in [2.05, 4.69) is 10.4 Å². The highest BCUT2D eigenvalue weighted by Gasteiger charge is 2.23. The minimum Gasteiger partial charge on any atom is -0.364 e. The topological polar surface area (TPSA) is 73.0 Å². The van der Waals surface area contributed by atoms with E-state index in [0.29, 0.717) is 11.3 Å². The largest absolute Gasteiger partial charge is 0.364 e. The molecule has 1 aromatic carbocycles. The van der Waals surface area contributed by atoms with Crippen LogP contribution in [0.25, 0.3) is 0 Å². The van der Waals surface area contributed by atoms with Crippen molar-refractivity contribution in [3.63, 3.8) is 0 Å². The van der Waals surface area contributed by atoms with Crippen molar-refractivity contribution in [3.8, 4) is 0 Å². The highest BCUT2D eigenvalue weighted by atomic mass is 19.1. The molecule has 1 aromatic heterocycles. The Hall–Kier alpha value is -2.51. The van der Waals surface area contributed by atoms with E-state index in [1.165, 1.54) is 16.8 Å². The number of halogens is 2. The van der Waals surface area contributed by atoms with Crippen molar-refractivity contribution >= 4 is 11.5 Å². The van der Waals surface area contributed by atoms with Gasteiger partial charge in [0, 0.05) is 19.7 Å². The number of nitrogens with zero attached hydrogens (tertiary/aromatic N) is 3. The second-order valence-corrected chi connectivity index (χ2v) is 4.58. The van der Waals surface area contributed by atoms with Crippen LogP contribution in [0.1, 0.15) is 11.3 Å². The van der Waals surface area contributed by atoms with Crippen LogP contribution in [-0.4, -0.2) is 21.2 Å². The fourth-order valence-corrected chi connectivity index (χ4v) is 2.10. The van der Waals surface area contributed by atoms with Gasteiger partial charge in [-0.15, -0.1) is 0 Å². The summed E-state index contributed by atoms with van der Waals surface area (Å²) in [4.78, 5) is 10.5. The molecule has 6 nitrogen and oxygen atoms in total. The molecule has 0 saturated carbocycles. The summed E-state index contributed by atoms with van der Waals surface area (Å²) in [5.74, 6) is -1.00. The van der Waals surface area contributed by atoms with Crippen LogP contribution in [-0.2, 0) is 13.5 Å². The van der Waals surface area contributed by atoms with Gasteiger partial charge in [0.2, 0.25) is 5.82 Å². The standard InChI is InChI=1S/C13H14F2N4O2/c1-8-12(19(20)21)13(18(2)17-8)16-6-5-9-3-4-10(14)7-11(9)15/h3-4,7,16H,5-6H2,1-2H3. The first-order chi connectivity index (χ1) is 9.90. The number of hydrogen-bond acceptors (Lipinski definition) is 4. The fraction of sp³-hybridized carbons (Fsp3) is 0.308. The molecule has 0 fully saturated rings. The van der Waals surface area contributed by atoms with Crippen LogP contribution in [0.2, 0.25) is 0 Å². The number of nitrogens with one attached hydrogen (secondary N) is 1. The number of nitro groups is 1. The Labute approximate surface area is 119 Å². The van der Waals surface area contributed by atoms with E-state index in [1.54, 1.807) is 14.0 Å². The number of aryl methyl sites for hydroxylation is 2. The molecule has 0 radical (unpaired) electrons. The summed E-state index contributed by atoms with van der Waals surface area (Å²) < 4.78 is 27.6. The molecule has 0 aliphatic carbocycles. The third kappa shape index (κ3) is 3.15. The number of hydrogen-bond donors (Lipinski definition) is 1. The zero-order valence-electron chi connectivity index (χ0n) is 11.6. The van der Waals surface area contributed by atoms with E-state index in [0.717, 1.165) is 6.07 Å². The molecule has 0 amide bonds. The molecular weight excluding hydrogens is 282 g/mol. The second kappa shape index (κ2) is 5.86. The zero-order valence-corrected chi connectivity index (χ0v) is 11.6. The average Bonchev–Trinajstić information content (AvgIpc) is 2.66. The molecule has 2 rings (SSSR count). The Bertz CT molecular complexity index is 685. The van der Waals surface area contributed by atoms with Gasteiger partial charge in [0.15, 0.2) is 0 Å². The molecule has 0 aliphatic rings. The minimum absolute atomic E-state index is 0.0999. The van der Waals surface area contributed by atoms with Crippen LogP contribution in [0.15, 0.2) is 18.2 Å². The maximum atomic E-state index is 13.5. The van der Waals surface area contributed by atoms with Gasteiger partial charge in [0.05, 0.1) is 4.92 Å². The first kappa shape index (κ1) is 14.9. The van der Waals surface area contributed by atoms with Gasteiger partial charge in [-0.25, -0.2) is 13.5 Å². The molecule has 112 valence electrons. The quantitative estimate of drug-likeness (QED) is 0.680. The van der Waals surface area contributed by atoms with Gasteiger partial charge in [-0.3, -0.25) is 10.1 Å². The minimum atomic E-state index is -0.637. The summed E-state index contributed by atoms with van der Waals surface area (Å²) in [6, 6.07) is 3.34. The number of benzene rings is 1. The Balaban J connectivity index is 2.09. The maximum Gasteiger partial charge on any atom is 0.333 e. The smallest absolute Gasteiger partial charge is 0.333 e. The first-order valence-electron chi connectivity index (χ1n) is 6.26. The van der Waals surface area contributed by atoms with Crippen molar-refractivity contribution in [2.45, 2.75) is 13.3 Å². The third-order valence-electron chi connectivity index (χ3n) is 3.08. The fourth-order valence-electron chi connectivity index (χ4n) is 2.10. The monoisotopic (exact) mass is 296 g/mol. The highest BCUT2D eigenvalue weighted by Crippen LogP contribution is 2.27. The summed E-state index contributed by atoms with van der Waals surface area (Å²) in [6.07, 6.45) is 0.271. The molecule has 0 saturated heterocycles. The predicted octanol–water partition coefficient (Wildman–Crippen LogP) is 2.57. The average molecular weight is 296 g/mol. The Morgan fingerprint density at radius 3 is 2.76 bits per heavy atom. The normalized spacial score (nSPS) is 10.7. The van der Waals surface area contributed by atoms with Gasteiger partial charge in [-0.2, -0.15) is 5.10 Å². The summed E-state index contributed by atoms with van der Waals surface area (Å²) in [6.45, 7) is 1.81. The van der Waals surface area contributed by atoms with Crippen LogP contribution < -0.4 is 5.32 Å². The van der Waals surface area contributed by atoms with Crippen LogP contribution >= 0.6 is 0 Å². The molecule has 0 atom stereocenters. The lowest BCUT2D eigenvalue weighted by Gasteiger charge is -2.07. The molecule has 0 unspecified atom stereocenters. The van der Waals surface area contributed by atoms with Gasteiger partial charge in [-0.1, -0.05) is 6.07 Å². The van der Waals surface area contributed by atoms with Crippen molar-refractivity contribution in [2.75, 3.05) is 11.9 Å².